The van der Waals surface area contributed by atoms with E-state index in [1.807, 2.05) is 30.3 Å². The van der Waals surface area contributed by atoms with Crippen LogP contribution in [0.1, 0.15) is 11.1 Å². The van der Waals surface area contributed by atoms with Crippen molar-refractivity contribution in [1.82, 2.24) is 5.43 Å². The molecule has 0 spiro atoms. The Balaban J connectivity index is 1.59. The smallest absolute Gasteiger partial charge is 0.262 e. The van der Waals surface area contributed by atoms with Gasteiger partial charge in [0.05, 0.1) is 33.4 Å². The van der Waals surface area contributed by atoms with Crippen LogP contribution in [-0.4, -0.2) is 31.7 Å². The summed E-state index contributed by atoms with van der Waals surface area (Å²) in [6.07, 6.45) is 1.74. The third kappa shape index (κ3) is 7.61. The zero-order valence-electron chi connectivity index (χ0n) is 18.0. The number of amides is 2. The maximum Gasteiger partial charge on any atom is 0.262 e. The molecule has 0 radical (unpaired) electrons. The number of nitrogens with zero attached hydrogens (tertiary/aromatic N) is 1. The fourth-order valence-electron chi connectivity index (χ4n) is 2.86. The molecule has 7 nitrogen and oxygen atoms in total. The first kappa shape index (κ1) is 25.8. The van der Waals surface area contributed by atoms with Gasteiger partial charge in [-0.15, -0.1) is 0 Å². The molecule has 0 aliphatic carbocycles. The van der Waals surface area contributed by atoms with Crippen molar-refractivity contribution in [3.63, 3.8) is 0 Å². The molecule has 0 bridgehead atoms. The lowest BCUT2D eigenvalue weighted by Crippen LogP contribution is -2.20. The average Bonchev–Trinajstić information content (AvgIpc) is 2.81. The third-order valence-corrected chi connectivity index (χ3v) is 5.95. The monoisotopic (exact) mass is 611 g/mol. The number of rotatable bonds is 9. The van der Waals surface area contributed by atoms with Crippen LogP contribution in [0.4, 0.5) is 5.69 Å². The largest absolute Gasteiger partial charge is 0.493 e. The van der Waals surface area contributed by atoms with Crippen LogP contribution in [0.3, 0.4) is 0 Å². The minimum atomic E-state index is -0.372. The predicted molar refractivity (Wildman–Crippen MR) is 142 cm³/mol. The second-order valence-corrected chi connectivity index (χ2v) is 8.93. The van der Waals surface area contributed by atoms with E-state index in [-0.39, 0.29) is 24.8 Å². The minimum Gasteiger partial charge on any atom is -0.493 e. The topological polar surface area (TPSA) is 89.0 Å². The lowest BCUT2D eigenvalue weighted by molar-refractivity contribution is -0.120. The predicted octanol–water partition coefficient (Wildman–Crippen LogP) is 5.32. The van der Waals surface area contributed by atoms with Crippen molar-refractivity contribution in [3.8, 4) is 11.5 Å². The Bertz CT molecular complexity index is 1210. The van der Waals surface area contributed by atoms with Gasteiger partial charge in [0.2, 0.25) is 5.91 Å². The zero-order chi connectivity index (χ0) is 24.5. The second kappa shape index (κ2) is 12.6. The van der Waals surface area contributed by atoms with Gasteiger partial charge in [-0.25, -0.2) is 5.43 Å². The summed E-state index contributed by atoms with van der Waals surface area (Å²) in [7, 11) is 1.50. The number of benzene rings is 3. The van der Waals surface area contributed by atoms with E-state index >= 15 is 0 Å². The van der Waals surface area contributed by atoms with Gasteiger partial charge >= 0.3 is 0 Å². The van der Waals surface area contributed by atoms with Gasteiger partial charge in [-0.3, -0.25) is 9.59 Å². The Morgan fingerprint density at radius 2 is 1.79 bits per heavy atom. The number of hydrogen-bond donors (Lipinski definition) is 2. The number of nitrogens with one attached hydrogen (secondary N) is 2. The molecule has 34 heavy (non-hydrogen) atoms. The van der Waals surface area contributed by atoms with Gasteiger partial charge in [0.25, 0.3) is 5.91 Å². The molecule has 0 aliphatic rings. The zero-order valence-corrected chi connectivity index (χ0v) is 21.6. The number of hydrogen-bond acceptors (Lipinski definition) is 5. The Morgan fingerprint density at radius 3 is 2.50 bits per heavy atom. The van der Waals surface area contributed by atoms with E-state index in [0.29, 0.717) is 36.4 Å². The van der Waals surface area contributed by atoms with Crippen molar-refractivity contribution in [3.05, 3.63) is 85.4 Å². The lowest BCUT2D eigenvalue weighted by Gasteiger charge is -2.13. The highest BCUT2D eigenvalue weighted by Crippen LogP contribution is 2.33. The first-order valence-electron chi connectivity index (χ1n) is 9.96. The second-order valence-electron chi connectivity index (χ2n) is 6.96. The summed E-state index contributed by atoms with van der Waals surface area (Å²) in [5.74, 6) is 0.240. The van der Waals surface area contributed by atoms with Crippen LogP contribution in [0.2, 0.25) is 10.0 Å². The van der Waals surface area contributed by atoms with Gasteiger partial charge in [-0.05, 0) is 64.0 Å². The van der Waals surface area contributed by atoms with Crippen molar-refractivity contribution >= 4 is 69.5 Å². The SMILES string of the molecule is COc1cc(/C=N/NC(=O)Cc2ccccc2)cc(I)c1OCC(=O)Nc1ccc(Cl)c(Cl)c1. The molecule has 3 rings (SSSR count). The molecule has 0 aromatic heterocycles. The number of halogens is 3. The quantitative estimate of drug-likeness (QED) is 0.195. The summed E-state index contributed by atoms with van der Waals surface area (Å²) in [6, 6.07) is 17.7. The van der Waals surface area contributed by atoms with Crippen LogP contribution in [0.25, 0.3) is 0 Å². The van der Waals surface area contributed by atoms with Crippen LogP contribution in [0.5, 0.6) is 11.5 Å². The van der Waals surface area contributed by atoms with Crippen molar-refractivity contribution < 1.29 is 19.1 Å². The molecular weight excluding hydrogens is 592 g/mol. The van der Waals surface area contributed by atoms with Crippen LogP contribution >= 0.6 is 45.8 Å². The molecule has 2 N–H and O–H groups in total. The lowest BCUT2D eigenvalue weighted by atomic mass is 10.1. The van der Waals surface area contributed by atoms with Gasteiger partial charge in [-0.1, -0.05) is 53.5 Å². The van der Waals surface area contributed by atoms with Gasteiger partial charge in [0, 0.05) is 5.69 Å². The number of anilines is 1. The maximum absolute atomic E-state index is 12.3. The minimum absolute atomic E-state index is 0.225. The van der Waals surface area contributed by atoms with E-state index in [1.54, 1.807) is 30.3 Å². The molecule has 0 unspecified atom stereocenters. The molecule has 0 heterocycles. The summed E-state index contributed by atoms with van der Waals surface area (Å²) in [6.45, 7) is -0.240. The van der Waals surface area contributed by atoms with Gasteiger partial charge in [0.15, 0.2) is 18.1 Å². The number of carbonyl (C=O) groups is 2. The van der Waals surface area contributed by atoms with E-state index in [2.05, 4.69) is 38.4 Å². The van der Waals surface area contributed by atoms with Crippen LogP contribution in [0.15, 0.2) is 65.8 Å². The molecular formula is C24H20Cl2IN3O4. The fourth-order valence-corrected chi connectivity index (χ4v) is 3.94. The van der Waals surface area contributed by atoms with Crippen molar-refractivity contribution in [1.29, 1.82) is 0 Å². The van der Waals surface area contributed by atoms with Crippen molar-refractivity contribution in [2.24, 2.45) is 5.10 Å². The number of methoxy groups -OCH3 is 1. The molecule has 10 heteroatoms. The Morgan fingerprint density at radius 1 is 1.03 bits per heavy atom. The summed E-state index contributed by atoms with van der Waals surface area (Å²) < 4.78 is 11.8. The number of carbonyl (C=O) groups excluding carboxylic acids is 2. The number of ether oxygens (including phenoxy) is 2. The fraction of sp³-hybridized carbons (Fsp3) is 0.125. The first-order valence-corrected chi connectivity index (χ1v) is 11.8. The highest BCUT2D eigenvalue weighted by Gasteiger charge is 2.14. The summed E-state index contributed by atoms with van der Waals surface area (Å²) in [4.78, 5) is 24.3. The standard InChI is InChI=1S/C24H20Cl2IN3O4/c1-33-21-10-16(13-28-30-22(31)11-15-5-3-2-4-6-15)9-20(27)24(21)34-14-23(32)29-17-7-8-18(25)19(26)12-17/h2-10,12-13H,11,14H2,1H3,(H,29,32)(H,30,31)/b28-13+. The molecule has 0 aliphatic heterocycles. The highest BCUT2D eigenvalue weighted by molar-refractivity contribution is 14.1. The summed E-state index contributed by atoms with van der Waals surface area (Å²) >= 11 is 13.9. The van der Waals surface area contributed by atoms with Crippen molar-refractivity contribution in [2.45, 2.75) is 6.42 Å². The van der Waals surface area contributed by atoms with Crippen LogP contribution < -0.4 is 20.2 Å². The van der Waals surface area contributed by atoms with E-state index in [4.69, 9.17) is 32.7 Å². The highest BCUT2D eigenvalue weighted by atomic mass is 127. The molecule has 3 aromatic carbocycles. The molecule has 0 fully saturated rings. The number of hydrazone groups is 1. The molecule has 176 valence electrons. The molecule has 0 saturated carbocycles. The van der Waals surface area contributed by atoms with E-state index < -0.39 is 0 Å². The first-order chi connectivity index (χ1) is 16.4. The normalized spacial score (nSPS) is 10.7. The molecule has 3 aromatic rings. The third-order valence-electron chi connectivity index (χ3n) is 4.41. The van der Waals surface area contributed by atoms with Crippen LogP contribution in [-0.2, 0) is 16.0 Å². The van der Waals surface area contributed by atoms with Crippen LogP contribution in [0, 0.1) is 3.57 Å². The molecule has 0 saturated heterocycles. The Labute approximate surface area is 220 Å². The van der Waals surface area contributed by atoms with Gasteiger partial charge < -0.3 is 14.8 Å². The van der Waals surface area contributed by atoms with Crippen molar-refractivity contribution in [2.75, 3.05) is 19.0 Å². The summed E-state index contributed by atoms with van der Waals surface area (Å²) in [5, 5.41) is 7.44. The van der Waals surface area contributed by atoms with Gasteiger partial charge in [0.1, 0.15) is 0 Å². The Hall–Kier alpha value is -2.82. The summed E-state index contributed by atoms with van der Waals surface area (Å²) in [5.41, 5.74) is 4.60. The Kier molecular flexibility index (Phi) is 9.55. The van der Waals surface area contributed by atoms with E-state index in [0.717, 1.165) is 5.56 Å². The molecule has 2 amide bonds. The van der Waals surface area contributed by atoms with E-state index in [9.17, 15) is 9.59 Å². The maximum atomic E-state index is 12.3. The van der Waals surface area contributed by atoms with E-state index in [1.165, 1.54) is 13.3 Å². The molecule has 0 atom stereocenters. The van der Waals surface area contributed by atoms with Gasteiger partial charge in [-0.2, -0.15) is 5.10 Å². The average molecular weight is 612 g/mol.